The Morgan fingerprint density at radius 1 is 1.41 bits per heavy atom. The van der Waals surface area contributed by atoms with E-state index in [9.17, 15) is 4.79 Å². The lowest BCUT2D eigenvalue weighted by Crippen LogP contribution is -2.55. The fourth-order valence-electron chi connectivity index (χ4n) is 1.79. The van der Waals surface area contributed by atoms with Gasteiger partial charge >= 0.3 is 0 Å². The molecule has 1 atom stereocenters. The topological polar surface area (TPSA) is 64.3 Å². The molecule has 3 N–H and O–H groups in total. The van der Waals surface area contributed by atoms with Crippen molar-refractivity contribution >= 4 is 34.2 Å². The Hall–Kier alpha value is -0.780. The Bertz CT molecular complexity index is 471. The van der Waals surface area contributed by atoms with E-state index in [1.54, 1.807) is 0 Å². The smallest absolute Gasteiger partial charge is 0.220 e. The third kappa shape index (κ3) is 6.55. The van der Waals surface area contributed by atoms with Gasteiger partial charge in [-0.15, -0.1) is 12.4 Å². The van der Waals surface area contributed by atoms with Crippen molar-refractivity contribution < 1.29 is 9.53 Å². The highest BCUT2D eigenvalue weighted by molar-refractivity contribution is 9.10. The first kappa shape index (κ1) is 21.2. The van der Waals surface area contributed by atoms with Crippen LogP contribution in [0.1, 0.15) is 33.6 Å². The van der Waals surface area contributed by atoms with Crippen molar-refractivity contribution in [3.8, 4) is 5.75 Å². The molecule has 6 heteroatoms. The molecule has 0 fully saturated rings. The number of halogens is 2. The summed E-state index contributed by atoms with van der Waals surface area (Å²) in [5.74, 6) is 1.11. The molecule has 1 amide bonds. The van der Waals surface area contributed by atoms with Gasteiger partial charge in [0.25, 0.3) is 0 Å². The van der Waals surface area contributed by atoms with Crippen molar-refractivity contribution in [3.05, 3.63) is 28.7 Å². The second-order valence-corrected chi connectivity index (χ2v) is 6.56. The summed E-state index contributed by atoms with van der Waals surface area (Å²) in [6.45, 7) is 7.04. The number of nitrogens with one attached hydrogen (secondary N) is 1. The van der Waals surface area contributed by atoms with Crippen LogP contribution in [0, 0.1) is 5.92 Å². The van der Waals surface area contributed by atoms with Crippen LogP contribution in [0.25, 0.3) is 0 Å². The zero-order valence-corrected chi connectivity index (χ0v) is 15.8. The van der Waals surface area contributed by atoms with E-state index >= 15 is 0 Å². The van der Waals surface area contributed by atoms with Gasteiger partial charge in [-0.25, -0.2) is 0 Å². The average molecular weight is 394 g/mol. The monoisotopic (exact) mass is 392 g/mol. The van der Waals surface area contributed by atoms with E-state index in [1.807, 2.05) is 31.2 Å². The molecule has 1 rings (SSSR count). The summed E-state index contributed by atoms with van der Waals surface area (Å²) in [6, 6.07) is 7.68. The first-order valence-corrected chi connectivity index (χ1v) is 8.06. The molecule has 0 aliphatic rings. The zero-order chi connectivity index (χ0) is 15.9. The molecule has 4 nitrogen and oxygen atoms in total. The summed E-state index contributed by atoms with van der Waals surface area (Å²) < 4.78 is 6.56. The van der Waals surface area contributed by atoms with Crippen LogP contribution >= 0.6 is 28.3 Å². The SMILES string of the molecule is CC(C)C(C)(CN)NC(=O)CCCOc1ccccc1Br.Cl. The van der Waals surface area contributed by atoms with Crippen molar-refractivity contribution in [1.29, 1.82) is 0 Å². The fraction of sp³-hybridized carbons (Fsp3) is 0.562. The molecular weight excluding hydrogens is 368 g/mol. The number of benzene rings is 1. The minimum atomic E-state index is -0.347. The Morgan fingerprint density at radius 2 is 2.05 bits per heavy atom. The predicted molar refractivity (Wildman–Crippen MR) is 96.6 cm³/mol. The first-order chi connectivity index (χ1) is 9.89. The standard InChI is InChI=1S/C16H25BrN2O2.ClH/c1-12(2)16(3,11-18)19-15(20)9-6-10-21-14-8-5-4-7-13(14)17;/h4-5,7-8,12H,6,9-11,18H2,1-3H3,(H,19,20);1H. The molecule has 22 heavy (non-hydrogen) atoms. The highest BCUT2D eigenvalue weighted by Gasteiger charge is 2.28. The second-order valence-electron chi connectivity index (χ2n) is 5.71. The number of carbonyl (C=O) groups is 1. The van der Waals surface area contributed by atoms with Crippen LogP contribution in [-0.4, -0.2) is 24.6 Å². The lowest BCUT2D eigenvalue weighted by Gasteiger charge is -2.33. The van der Waals surface area contributed by atoms with E-state index in [0.29, 0.717) is 31.9 Å². The van der Waals surface area contributed by atoms with E-state index in [2.05, 4.69) is 35.1 Å². The molecule has 0 bridgehead atoms. The summed E-state index contributed by atoms with van der Waals surface area (Å²) in [5, 5.41) is 3.02. The quantitative estimate of drug-likeness (QED) is 0.664. The van der Waals surface area contributed by atoms with Crippen LogP contribution in [0.4, 0.5) is 0 Å². The number of rotatable bonds is 8. The molecule has 0 heterocycles. The summed E-state index contributed by atoms with van der Waals surface area (Å²) >= 11 is 3.42. The predicted octanol–water partition coefficient (Wildman–Crippen LogP) is 3.52. The van der Waals surface area contributed by atoms with Gasteiger partial charge in [-0.1, -0.05) is 26.0 Å². The molecular formula is C16H26BrClN2O2. The van der Waals surface area contributed by atoms with E-state index in [0.717, 1.165) is 10.2 Å². The van der Waals surface area contributed by atoms with Gasteiger partial charge in [-0.2, -0.15) is 0 Å². The van der Waals surface area contributed by atoms with Crippen molar-refractivity contribution in [2.75, 3.05) is 13.2 Å². The third-order valence-electron chi connectivity index (χ3n) is 3.77. The van der Waals surface area contributed by atoms with E-state index in [1.165, 1.54) is 0 Å². The molecule has 1 unspecified atom stereocenters. The lowest BCUT2D eigenvalue weighted by molar-refractivity contribution is -0.123. The Labute approximate surface area is 147 Å². The van der Waals surface area contributed by atoms with Crippen molar-refractivity contribution in [2.45, 2.75) is 39.2 Å². The van der Waals surface area contributed by atoms with Crippen LogP contribution in [-0.2, 0) is 4.79 Å². The summed E-state index contributed by atoms with van der Waals surface area (Å²) in [7, 11) is 0. The largest absolute Gasteiger partial charge is 0.492 e. The molecule has 0 saturated heterocycles. The van der Waals surface area contributed by atoms with Gasteiger partial charge in [0.2, 0.25) is 5.91 Å². The number of para-hydroxylation sites is 1. The molecule has 0 radical (unpaired) electrons. The van der Waals surface area contributed by atoms with Crippen LogP contribution in [0.5, 0.6) is 5.75 Å². The minimum Gasteiger partial charge on any atom is -0.492 e. The average Bonchev–Trinajstić information content (AvgIpc) is 2.45. The van der Waals surface area contributed by atoms with Crippen LogP contribution in [0.15, 0.2) is 28.7 Å². The Kier molecular flexibility index (Phi) is 9.72. The van der Waals surface area contributed by atoms with Gasteiger partial charge < -0.3 is 15.8 Å². The lowest BCUT2D eigenvalue weighted by atomic mass is 9.88. The molecule has 0 spiro atoms. The maximum atomic E-state index is 12.0. The summed E-state index contributed by atoms with van der Waals surface area (Å²) in [6.07, 6.45) is 1.11. The highest BCUT2D eigenvalue weighted by Crippen LogP contribution is 2.23. The molecule has 1 aromatic carbocycles. The van der Waals surface area contributed by atoms with Gasteiger partial charge in [0.1, 0.15) is 5.75 Å². The Morgan fingerprint density at radius 3 is 2.59 bits per heavy atom. The number of nitrogens with two attached hydrogens (primary N) is 1. The van der Waals surface area contributed by atoms with Crippen molar-refractivity contribution in [1.82, 2.24) is 5.32 Å². The summed E-state index contributed by atoms with van der Waals surface area (Å²) in [5.41, 5.74) is 5.41. The molecule has 0 aliphatic carbocycles. The number of hydrogen-bond acceptors (Lipinski definition) is 3. The van der Waals surface area contributed by atoms with Gasteiger partial charge in [-0.05, 0) is 47.3 Å². The fourth-order valence-corrected chi connectivity index (χ4v) is 2.19. The zero-order valence-electron chi connectivity index (χ0n) is 13.4. The van der Waals surface area contributed by atoms with Gasteiger partial charge in [0, 0.05) is 13.0 Å². The number of carbonyl (C=O) groups excluding carboxylic acids is 1. The number of ether oxygens (including phenoxy) is 1. The summed E-state index contributed by atoms with van der Waals surface area (Å²) in [4.78, 5) is 12.0. The maximum Gasteiger partial charge on any atom is 0.220 e. The van der Waals surface area contributed by atoms with Gasteiger partial charge in [0.15, 0.2) is 0 Å². The molecule has 1 aromatic rings. The van der Waals surface area contributed by atoms with Crippen molar-refractivity contribution in [2.24, 2.45) is 11.7 Å². The highest BCUT2D eigenvalue weighted by atomic mass is 79.9. The minimum absolute atomic E-state index is 0. The normalized spacial score (nSPS) is 13.2. The molecule has 0 aromatic heterocycles. The number of amides is 1. The van der Waals surface area contributed by atoms with E-state index < -0.39 is 0 Å². The molecule has 126 valence electrons. The van der Waals surface area contributed by atoms with Crippen LogP contribution in [0.2, 0.25) is 0 Å². The molecule has 0 saturated carbocycles. The second kappa shape index (κ2) is 10.1. The third-order valence-corrected chi connectivity index (χ3v) is 4.42. The van der Waals surface area contributed by atoms with E-state index in [4.69, 9.17) is 10.5 Å². The number of hydrogen-bond donors (Lipinski definition) is 2. The van der Waals surface area contributed by atoms with Gasteiger partial charge in [-0.3, -0.25) is 4.79 Å². The van der Waals surface area contributed by atoms with Crippen LogP contribution < -0.4 is 15.8 Å². The first-order valence-electron chi connectivity index (χ1n) is 7.27. The van der Waals surface area contributed by atoms with Gasteiger partial charge in [0.05, 0.1) is 16.6 Å². The van der Waals surface area contributed by atoms with Crippen molar-refractivity contribution in [3.63, 3.8) is 0 Å². The van der Waals surface area contributed by atoms with E-state index in [-0.39, 0.29) is 23.9 Å². The maximum absolute atomic E-state index is 12.0. The molecule has 0 aliphatic heterocycles. The Balaban J connectivity index is 0.00000441. The van der Waals surface area contributed by atoms with Crippen LogP contribution in [0.3, 0.4) is 0 Å².